The van der Waals surface area contributed by atoms with E-state index < -0.39 is 0 Å². The Kier molecular flexibility index (Phi) is 8.11. The van der Waals surface area contributed by atoms with Crippen molar-refractivity contribution in [2.24, 2.45) is 10.8 Å². The fraction of sp³-hybridized carbons (Fsp3) is 1.00. The molecular weight excluding hydrogens is 208 g/mol. The van der Waals surface area contributed by atoms with Crippen LogP contribution in [0.15, 0.2) is 0 Å². The maximum Gasteiger partial charge on any atom is 0.0519 e. The Morgan fingerprint density at radius 2 is 1.06 bits per heavy atom. The SMILES string of the molecule is CCCC(C)(CC)COCC(C)(CC)CCC. The van der Waals surface area contributed by atoms with E-state index in [9.17, 15) is 0 Å². The van der Waals surface area contributed by atoms with Crippen LogP contribution in [0.5, 0.6) is 0 Å². The molecular formula is C16H34O. The first-order valence-corrected chi connectivity index (χ1v) is 7.53. The third-order valence-electron chi connectivity index (χ3n) is 4.32. The van der Waals surface area contributed by atoms with Crippen LogP contribution >= 0.6 is 0 Å². The molecule has 0 aromatic rings. The Morgan fingerprint density at radius 1 is 0.706 bits per heavy atom. The molecule has 17 heavy (non-hydrogen) atoms. The quantitative estimate of drug-likeness (QED) is 0.496. The summed E-state index contributed by atoms with van der Waals surface area (Å²) in [6, 6.07) is 0. The summed E-state index contributed by atoms with van der Waals surface area (Å²) in [5, 5.41) is 0. The maximum absolute atomic E-state index is 6.05. The summed E-state index contributed by atoms with van der Waals surface area (Å²) in [4.78, 5) is 0. The van der Waals surface area contributed by atoms with Gasteiger partial charge in [-0.05, 0) is 36.5 Å². The van der Waals surface area contributed by atoms with Gasteiger partial charge in [0.15, 0.2) is 0 Å². The molecule has 0 aliphatic heterocycles. The smallest absolute Gasteiger partial charge is 0.0519 e. The van der Waals surface area contributed by atoms with Crippen molar-refractivity contribution >= 4 is 0 Å². The lowest BCUT2D eigenvalue weighted by Crippen LogP contribution is -2.28. The van der Waals surface area contributed by atoms with Gasteiger partial charge in [-0.2, -0.15) is 0 Å². The van der Waals surface area contributed by atoms with Gasteiger partial charge in [-0.25, -0.2) is 0 Å². The van der Waals surface area contributed by atoms with Crippen molar-refractivity contribution in [3.8, 4) is 0 Å². The number of hydrogen-bond donors (Lipinski definition) is 0. The van der Waals surface area contributed by atoms with Crippen LogP contribution in [-0.2, 0) is 4.74 Å². The van der Waals surface area contributed by atoms with Crippen LogP contribution in [0.1, 0.15) is 80.1 Å². The molecule has 0 fully saturated rings. The zero-order valence-corrected chi connectivity index (χ0v) is 13.1. The first-order valence-electron chi connectivity index (χ1n) is 7.53. The van der Waals surface area contributed by atoms with Gasteiger partial charge in [0.05, 0.1) is 13.2 Å². The Bertz CT molecular complexity index is 170. The van der Waals surface area contributed by atoms with E-state index >= 15 is 0 Å². The van der Waals surface area contributed by atoms with Crippen LogP contribution in [0.4, 0.5) is 0 Å². The van der Waals surface area contributed by atoms with Crippen LogP contribution in [0.2, 0.25) is 0 Å². The number of rotatable bonds is 10. The van der Waals surface area contributed by atoms with Crippen molar-refractivity contribution in [2.75, 3.05) is 13.2 Å². The van der Waals surface area contributed by atoms with E-state index in [0.717, 1.165) is 13.2 Å². The zero-order chi connectivity index (χ0) is 13.4. The molecule has 0 bridgehead atoms. The van der Waals surface area contributed by atoms with E-state index in [1.807, 2.05) is 0 Å². The fourth-order valence-electron chi connectivity index (χ4n) is 2.45. The monoisotopic (exact) mass is 242 g/mol. The molecule has 0 N–H and O–H groups in total. The predicted octanol–water partition coefficient (Wildman–Crippen LogP) is 5.44. The second kappa shape index (κ2) is 8.13. The minimum atomic E-state index is 0.385. The molecule has 0 saturated carbocycles. The van der Waals surface area contributed by atoms with Gasteiger partial charge in [-0.1, -0.05) is 54.4 Å². The fourth-order valence-corrected chi connectivity index (χ4v) is 2.45. The largest absolute Gasteiger partial charge is 0.380 e. The molecule has 0 saturated heterocycles. The van der Waals surface area contributed by atoms with Crippen molar-refractivity contribution in [1.82, 2.24) is 0 Å². The molecule has 0 amide bonds. The zero-order valence-electron chi connectivity index (χ0n) is 13.1. The first-order chi connectivity index (χ1) is 7.95. The second-order valence-electron chi connectivity index (χ2n) is 6.32. The van der Waals surface area contributed by atoms with E-state index in [1.54, 1.807) is 0 Å². The lowest BCUT2D eigenvalue weighted by atomic mass is 9.82. The van der Waals surface area contributed by atoms with E-state index in [1.165, 1.54) is 38.5 Å². The van der Waals surface area contributed by atoms with Gasteiger partial charge < -0.3 is 4.74 Å². The minimum absolute atomic E-state index is 0.385. The van der Waals surface area contributed by atoms with Gasteiger partial charge in [0.25, 0.3) is 0 Å². The van der Waals surface area contributed by atoms with Gasteiger partial charge in [0.2, 0.25) is 0 Å². The summed E-state index contributed by atoms with van der Waals surface area (Å²) in [5.41, 5.74) is 0.769. The average molecular weight is 242 g/mol. The van der Waals surface area contributed by atoms with Gasteiger partial charge in [0, 0.05) is 0 Å². The van der Waals surface area contributed by atoms with E-state index in [4.69, 9.17) is 4.74 Å². The highest BCUT2D eigenvalue weighted by atomic mass is 16.5. The standard InChI is InChI=1S/C16H34O/c1-7-11-15(5,9-3)13-17-14-16(6,10-4)12-8-2/h7-14H2,1-6H3. The highest BCUT2D eigenvalue weighted by Crippen LogP contribution is 2.31. The Hall–Kier alpha value is -0.0400. The predicted molar refractivity (Wildman–Crippen MR) is 77.4 cm³/mol. The van der Waals surface area contributed by atoms with E-state index in [-0.39, 0.29) is 0 Å². The average Bonchev–Trinajstić information content (AvgIpc) is 2.30. The van der Waals surface area contributed by atoms with Crippen LogP contribution < -0.4 is 0 Å². The third kappa shape index (κ3) is 6.45. The summed E-state index contributed by atoms with van der Waals surface area (Å²) in [6.45, 7) is 15.7. The molecule has 0 spiro atoms. The lowest BCUT2D eigenvalue weighted by molar-refractivity contribution is -0.00602. The Labute approximate surface area is 109 Å². The molecule has 0 aliphatic carbocycles. The van der Waals surface area contributed by atoms with Gasteiger partial charge in [-0.3, -0.25) is 0 Å². The highest BCUT2D eigenvalue weighted by Gasteiger charge is 2.25. The molecule has 1 nitrogen and oxygen atoms in total. The molecule has 1 heteroatoms. The molecule has 0 aromatic heterocycles. The van der Waals surface area contributed by atoms with Crippen molar-refractivity contribution in [3.05, 3.63) is 0 Å². The third-order valence-corrected chi connectivity index (χ3v) is 4.32. The Morgan fingerprint density at radius 3 is 1.29 bits per heavy atom. The van der Waals surface area contributed by atoms with Crippen LogP contribution in [0, 0.1) is 10.8 Å². The van der Waals surface area contributed by atoms with Crippen molar-refractivity contribution in [2.45, 2.75) is 80.1 Å². The van der Waals surface area contributed by atoms with Crippen LogP contribution in [0.3, 0.4) is 0 Å². The van der Waals surface area contributed by atoms with Gasteiger partial charge in [0.1, 0.15) is 0 Å². The molecule has 0 radical (unpaired) electrons. The van der Waals surface area contributed by atoms with Crippen molar-refractivity contribution in [1.29, 1.82) is 0 Å². The Balaban J connectivity index is 4.10. The van der Waals surface area contributed by atoms with Crippen molar-refractivity contribution in [3.63, 3.8) is 0 Å². The van der Waals surface area contributed by atoms with E-state index in [0.29, 0.717) is 10.8 Å². The summed E-state index contributed by atoms with van der Waals surface area (Å²) in [5.74, 6) is 0. The highest BCUT2D eigenvalue weighted by molar-refractivity contribution is 4.75. The summed E-state index contributed by atoms with van der Waals surface area (Å²) in [7, 11) is 0. The summed E-state index contributed by atoms with van der Waals surface area (Å²) < 4.78 is 6.05. The minimum Gasteiger partial charge on any atom is -0.380 e. The summed E-state index contributed by atoms with van der Waals surface area (Å²) in [6.07, 6.45) is 7.51. The van der Waals surface area contributed by atoms with Gasteiger partial charge >= 0.3 is 0 Å². The normalized spacial score (nSPS) is 18.7. The molecule has 104 valence electrons. The number of hydrogen-bond acceptors (Lipinski definition) is 1. The molecule has 0 aromatic carbocycles. The first kappa shape index (κ1) is 17.0. The molecule has 2 unspecified atom stereocenters. The molecule has 0 rings (SSSR count). The van der Waals surface area contributed by atoms with Crippen LogP contribution in [0.25, 0.3) is 0 Å². The lowest BCUT2D eigenvalue weighted by Gasteiger charge is -2.32. The summed E-state index contributed by atoms with van der Waals surface area (Å²) >= 11 is 0. The molecule has 2 atom stereocenters. The molecule has 0 aliphatic rings. The van der Waals surface area contributed by atoms with Crippen molar-refractivity contribution < 1.29 is 4.74 Å². The second-order valence-corrected chi connectivity index (χ2v) is 6.32. The van der Waals surface area contributed by atoms with E-state index in [2.05, 4.69) is 41.5 Å². The van der Waals surface area contributed by atoms with Gasteiger partial charge in [-0.15, -0.1) is 0 Å². The maximum atomic E-state index is 6.05. The number of ether oxygens (including phenoxy) is 1. The van der Waals surface area contributed by atoms with Crippen LogP contribution in [-0.4, -0.2) is 13.2 Å². The molecule has 0 heterocycles. The topological polar surface area (TPSA) is 9.23 Å².